The number of aliphatic hydroxyl groups is 8. The van der Waals surface area contributed by atoms with E-state index >= 15 is 0 Å². The van der Waals surface area contributed by atoms with Gasteiger partial charge >= 0.3 is 5.97 Å². The van der Waals surface area contributed by atoms with Crippen molar-refractivity contribution in [2.24, 2.45) is 0 Å². The summed E-state index contributed by atoms with van der Waals surface area (Å²) in [6, 6.07) is 9.13. The van der Waals surface area contributed by atoms with Gasteiger partial charge in [-0.25, -0.2) is 4.79 Å². The molecular weight excluding hydrogens is 920 g/mol. The highest BCUT2D eigenvalue weighted by Gasteiger charge is 2.52. The number of ether oxygens (including phenoxy) is 10. The van der Waals surface area contributed by atoms with Crippen LogP contribution in [0, 0.1) is 6.92 Å². The summed E-state index contributed by atoms with van der Waals surface area (Å²) in [5.74, 6) is -2.62. The summed E-state index contributed by atoms with van der Waals surface area (Å²) in [4.78, 5) is 27.7. The van der Waals surface area contributed by atoms with Crippen molar-refractivity contribution in [3.8, 4) is 51.6 Å². The molecule has 0 amide bonds. The monoisotopic (exact) mass is 974 g/mol. The van der Waals surface area contributed by atoms with E-state index in [0.717, 1.165) is 18.2 Å². The van der Waals surface area contributed by atoms with Crippen molar-refractivity contribution in [3.05, 3.63) is 69.9 Å². The number of aromatic hydroxyl groups is 2. The van der Waals surface area contributed by atoms with Crippen molar-refractivity contribution in [3.63, 3.8) is 0 Å². The fourth-order valence-electron chi connectivity index (χ4n) is 7.95. The van der Waals surface area contributed by atoms with Crippen LogP contribution in [-0.2, 0) is 28.5 Å². The topological polar surface area (TPSA) is 342 Å². The molecule has 3 aromatic carbocycles. The number of methoxy groups -OCH3 is 3. The first-order chi connectivity index (χ1) is 32.8. The number of hydrogen-bond donors (Lipinski definition) is 10. The van der Waals surface area contributed by atoms with E-state index in [4.69, 9.17) is 51.8 Å². The van der Waals surface area contributed by atoms with Crippen LogP contribution in [0.25, 0.3) is 28.4 Å². The van der Waals surface area contributed by atoms with Crippen LogP contribution in [0.3, 0.4) is 0 Å². The van der Waals surface area contributed by atoms with Crippen LogP contribution in [0.1, 0.15) is 25.0 Å². The Morgan fingerprint density at radius 3 is 1.90 bits per heavy atom. The van der Waals surface area contributed by atoms with Gasteiger partial charge in [0, 0.05) is 29.3 Å². The molecule has 0 saturated carbocycles. The molecule has 15 atom stereocenters. The fraction of sp³-hybridized carbons (Fsp3) is 0.478. The van der Waals surface area contributed by atoms with Gasteiger partial charge in [0.25, 0.3) is 0 Å². The minimum Gasteiger partial charge on any atom is -0.507 e. The van der Waals surface area contributed by atoms with Gasteiger partial charge in [0.15, 0.2) is 29.7 Å². The Hall–Kier alpha value is -5.80. The van der Waals surface area contributed by atoms with Crippen molar-refractivity contribution in [2.45, 2.75) is 113 Å². The number of aliphatic hydroxyl groups excluding tert-OH is 8. The van der Waals surface area contributed by atoms with Crippen molar-refractivity contribution >= 4 is 23.0 Å². The van der Waals surface area contributed by atoms with Crippen molar-refractivity contribution in [1.29, 1.82) is 0 Å². The second-order valence-electron chi connectivity index (χ2n) is 16.5. The third-order valence-corrected chi connectivity index (χ3v) is 12.0. The molecule has 7 rings (SSSR count). The Labute approximate surface area is 392 Å². The smallest absolute Gasteiger partial charge is 0.330 e. The summed E-state index contributed by atoms with van der Waals surface area (Å²) < 4.78 is 62.7. The lowest BCUT2D eigenvalue weighted by Crippen LogP contribution is -2.64. The molecule has 4 aromatic rings. The van der Waals surface area contributed by atoms with Gasteiger partial charge in [-0.05, 0) is 62.7 Å². The number of carbonyl (C=O) groups excluding carboxylic acids is 1. The summed E-state index contributed by atoms with van der Waals surface area (Å²) in [6.07, 6.45) is -22.9. The number of benzene rings is 3. The van der Waals surface area contributed by atoms with Crippen LogP contribution in [0.4, 0.5) is 0 Å². The third kappa shape index (κ3) is 10.4. The fourth-order valence-corrected chi connectivity index (χ4v) is 7.95. The Morgan fingerprint density at radius 2 is 1.28 bits per heavy atom. The standard InChI is InChI=1S/C46H54O23/c1-17-25(59-4)11-20(12-26(17)60-5)7-10-30(49)62-16-29-34(52)38(56)43(69-45-40(58)37(55)33(51)19(3)64-45)46(67-29)68-42-35(53)31-24(48)14-22(65-44-39(57)36(54)32(50)18(2)63-44)15-28(31)66-41(42)21-8-9-23(47)27(13-21)61-6/h7-15,18-19,29,32-34,36-40,43-48,50-52,54-58H,16H2,1-6H3/b10-7+/t18?,19?,29?,32-,33-,34+,36-,37-,38-,39?,40?,43?,44-,45-,46-/m0/s1. The van der Waals surface area contributed by atoms with Gasteiger partial charge in [0.2, 0.25) is 23.8 Å². The van der Waals surface area contributed by atoms with Gasteiger partial charge < -0.3 is 103 Å². The molecule has 0 radical (unpaired) electrons. The Morgan fingerprint density at radius 1 is 0.667 bits per heavy atom. The first-order valence-electron chi connectivity index (χ1n) is 21.4. The SMILES string of the molecule is COc1cc(-c2oc3cc(O[C@@H]4OC(C)[C@H](O)[C@H](O)C4O)cc(O)c3c(=O)c2O[C@@H]2OC(COC(=O)/C=C/c3cc(OC)c(C)c(OC)c3)[C@@H](O)[C@H](O)C2O[C@@H]2OC(C)[C@H](O)[C@H](O)C2O)ccc1O. The Bertz CT molecular complexity index is 2540. The van der Waals surface area contributed by atoms with E-state index in [9.17, 15) is 60.7 Å². The number of fused-ring (bicyclic) bond motifs is 1. The van der Waals surface area contributed by atoms with Crippen LogP contribution in [0.15, 0.2) is 57.8 Å². The van der Waals surface area contributed by atoms with Crippen LogP contribution < -0.4 is 29.1 Å². The Kier molecular flexibility index (Phi) is 15.6. The van der Waals surface area contributed by atoms with Gasteiger partial charge in [-0.2, -0.15) is 0 Å². The van der Waals surface area contributed by atoms with E-state index in [1.807, 2.05) is 0 Å². The quantitative estimate of drug-likeness (QED) is 0.0573. The highest BCUT2D eigenvalue weighted by Crippen LogP contribution is 2.41. The average Bonchev–Trinajstić information content (AvgIpc) is 3.32. The first kappa shape index (κ1) is 51.1. The molecule has 6 unspecified atom stereocenters. The third-order valence-electron chi connectivity index (χ3n) is 12.0. The average molecular weight is 975 g/mol. The first-order valence-corrected chi connectivity index (χ1v) is 21.4. The maximum Gasteiger partial charge on any atom is 0.330 e. The summed E-state index contributed by atoms with van der Waals surface area (Å²) in [6.45, 7) is 3.82. The minimum absolute atomic E-state index is 0.00616. The zero-order chi connectivity index (χ0) is 50.2. The van der Waals surface area contributed by atoms with Gasteiger partial charge in [-0.15, -0.1) is 0 Å². The molecule has 1 aromatic heterocycles. The molecular formula is C46H54O23. The lowest BCUT2D eigenvalue weighted by molar-refractivity contribution is -0.354. The van der Waals surface area contributed by atoms with Crippen LogP contribution in [0.5, 0.6) is 40.2 Å². The largest absolute Gasteiger partial charge is 0.507 e. The van der Waals surface area contributed by atoms with E-state index < -0.39 is 133 Å². The number of phenolic OH excluding ortho intramolecular Hbond substituents is 2. The van der Waals surface area contributed by atoms with Gasteiger partial charge in [0.1, 0.15) is 95.5 Å². The molecule has 10 N–H and O–H groups in total. The van der Waals surface area contributed by atoms with Crippen LogP contribution in [-0.4, -0.2) is 177 Å². The van der Waals surface area contributed by atoms with E-state index in [1.54, 1.807) is 19.1 Å². The maximum absolute atomic E-state index is 14.7. The van der Waals surface area contributed by atoms with Gasteiger partial charge in [0.05, 0.1) is 33.5 Å². The molecule has 3 fully saturated rings. The lowest BCUT2D eigenvalue weighted by atomic mass is 9.97. The van der Waals surface area contributed by atoms with Gasteiger partial charge in [-0.3, -0.25) is 4.79 Å². The maximum atomic E-state index is 14.7. The van der Waals surface area contributed by atoms with Crippen molar-refractivity contribution < 1.29 is 108 Å². The molecule has 3 aliphatic heterocycles. The molecule has 69 heavy (non-hydrogen) atoms. The van der Waals surface area contributed by atoms with Crippen LogP contribution >= 0.6 is 0 Å². The summed E-state index contributed by atoms with van der Waals surface area (Å²) in [5, 5.41) is 107. The summed E-state index contributed by atoms with van der Waals surface area (Å²) in [7, 11) is 4.18. The van der Waals surface area contributed by atoms with E-state index in [-0.39, 0.29) is 28.4 Å². The second kappa shape index (κ2) is 21.1. The van der Waals surface area contributed by atoms with E-state index in [1.165, 1.54) is 59.5 Å². The van der Waals surface area contributed by atoms with E-state index in [0.29, 0.717) is 22.6 Å². The predicted molar refractivity (Wildman–Crippen MR) is 234 cm³/mol. The highest BCUT2D eigenvalue weighted by atomic mass is 16.8. The predicted octanol–water partition coefficient (Wildman–Crippen LogP) is -0.293. The molecule has 376 valence electrons. The summed E-state index contributed by atoms with van der Waals surface area (Å²) >= 11 is 0. The molecule has 4 heterocycles. The molecule has 0 bridgehead atoms. The number of rotatable bonds is 14. The number of phenols is 2. The minimum atomic E-state index is -2.07. The molecule has 23 heteroatoms. The second-order valence-corrected chi connectivity index (χ2v) is 16.5. The summed E-state index contributed by atoms with van der Waals surface area (Å²) in [5.41, 5.74) is -0.260. The Balaban J connectivity index is 1.26. The zero-order valence-corrected chi connectivity index (χ0v) is 37.8. The van der Waals surface area contributed by atoms with E-state index in [2.05, 4.69) is 0 Å². The number of carbonyl (C=O) groups is 1. The van der Waals surface area contributed by atoms with Crippen molar-refractivity contribution in [1.82, 2.24) is 0 Å². The number of esters is 1. The van der Waals surface area contributed by atoms with Crippen molar-refractivity contribution in [2.75, 3.05) is 27.9 Å². The lowest BCUT2D eigenvalue weighted by Gasteiger charge is -2.45. The molecule has 3 saturated heterocycles. The molecule has 0 spiro atoms. The molecule has 0 aliphatic carbocycles. The molecule has 23 nitrogen and oxygen atoms in total. The number of hydrogen-bond acceptors (Lipinski definition) is 23. The zero-order valence-electron chi connectivity index (χ0n) is 37.8. The van der Waals surface area contributed by atoms with Gasteiger partial charge in [-0.1, -0.05) is 0 Å². The normalized spacial score (nSPS) is 31.6. The highest BCUT2D eigenvalue weighted by molar-refractivity contribution is 5.89. The molecule has 3 aliphatic rings. The van der Waals surface area contributed by atoms with Crippen LogP contribution in [0.2, 0.25) is 0 Å².